The maximum atomic E-state index is 14.6. The predicted octanol–water partition coefficient (Wildman–Crippen LogP) is 6.52. The van der Waals surface area contributed by atoms with E-state index in [0.29, 0.717) is 22.3 Å². The van der Waals surface area contributed by atoms with Gasteiger partial charge in [-0.2, -0.15) is 0 Å². The zero-order valence-corrected chi connectivity index (χ0v) is 28.9. The number of sulfonamides is 1. The van der Waals surface area contributed by atoms with Gasteiger partial charge in [-0.25, -0.2) is 8.42 Å². The molecule has 0 aromatic heterocycles. The number of ether oxygens (including phenoxy) is 1. The Bertz CT molecular complexity index is 1730. The van der Waals surface area contributed by atoms with Crippen LogP contribution in [0.25, 0.3) is 0 Å². The molecular weight excluding hydrogens is 666 g/mol. The van der Waals surface area contributed by atoms with E-state index in [-0.39, 0.29) is 29.8 Å². The van der Waals surface area contributed by atoms with E-state index in [0.717, 1.165) is 21.0 Å². The molecule has 0 fully saturated rings. The van der Waals surface area contributed by atoms with Gasteiger partial charge in [0.1, 0.15) is 18.3 Å². The molecule has 0 bridgehead atoms. The first-order valence-corrected chi connectivity index (χ1v) is 17.4. The number of rotatable bonds is 14. The normalized spacial score (nSPS) is 12.5. The Morgan fingerprint density at radius 2 is 1.57 bits per heavy atom. The first-order chi connectivity index (χ1) is 22.0. The Morgan fingerprint density at radius 1 is 0.891 bits per heavy atom. The number of carbonyl (C=O) groups excluding carboxylic acids is 2. The molecule has 10 heteroatoms. The summed E-state index contributed by atoms with van der Waals surface area (Å²) in [6, 6.07) is 29.0. The highest BCUT2D eigenvalue weighted by molar-refractivity contribution is 9.10. The van der Waals surface area contributed by atoms with Crippen LogP contribution < -0.4 is 14.4 Å². The van der Waals surface area contributed by atoms with Crippen LogP contribution >= 0.6 is 15.9 Å². The lowest BCUT2D eigenvalue weighted by molar-refractivity contribution is -0.140. The lowest BCUT2D eigenvalue weighted by Gasteiger charge is -2.34. The molecule has 4 rings (SSSR count). The molecule has 0 saturated carbocycles. The summed E-state index contributed by atoms with van der Waals surface area (Å²) < 4.78 is 35.5. The SMILES string of the molecule is CC[C@H](C)NC(=O)[C@H](Cc1ccccc1)N(Cc1cccc(OC)c1)C(=O)CN(c1cccc(Br)c1)S(=O)(=O)c1ccc(C)cc1. The Morgan fingerprint density at radius 3 is 2.22 bits per heavy atom. The van der Waals surface area contributed by atoms with Crippen LogP contribution in [0.5, 0.6) is 5.75 Å². The minimum Gasteiger partial charge on any atom is -0.497 e. The van der Waals surface area contributed by atoms with Crippen molar-refractivity contribution in [2.75, 3.05) is 18.0 Å². The molecule has 1 N–H and O–H groups in total. The number of benzene rings is 4. The zero-order valence-electron chi connectivity index (χ0n) is 26.5. The van der Waals surface area contributed by atoms with Gasteiger partial charge in [-0.05, 0) is 73.9 Å². The van der Waals surface area contributed by atoms with Crippen LogP contribution in [0.2, 0.25) is 0 Å². The van der Waals surface area contributed by atoms with Crippen molar-refractivity contribution >= 4 is 43.5 Å². The summed E-state index contributed by atoms with van der Waals surface area (Å²) in [5.41, 5.74) is 2.82. The minimum absolute atomic E-state index is 0.0539. The summed E-state index contributed by atoms with van der Waals surface area (Å²) in [7, 11) is -2.62. The van der Waals surface area contributed by atoms with E-state index in [1.165, 1.54) is 17.0 Å². The van der Waals surface area contributed by atoms with Crippen LogP contribution in [0.1, 0.15) is 37.0 Å². The number of nitrogens with zero attached hydrogens (tertiary/aromatic N) is 2. The summed E-state index contributed by atoms with van der Waals surface area (Å²) >= 11 is 3.44. The molecule has 0 spiro atoms. The third kappa shape index (κ3) is 8.98. The molecule has 4 aromatic carbocycles. The Kier molecular flexibility index (Phi) is 12.0. The van der Waals surface area contributed by atoms with Gasteiger partial charge in [-0.1, -0.05) is 89.1 Å². The standard InChI is InChI=1S/C36H40BrN3O5S/c1-5-27(3)38-36(42)34(22-28-11-7-6-8-12-28)39(24-29-13-9-16-32(21-29)45-4)35(41)25-40(31-15-10-14-30(37)23-31)46(43,44)33-19-17-26(2)18-20-33/h6-21,23,27,34H,5,22,24-25H2,1-4H3,(H,38,42)/t27-,34-/m0/s1. The Balaban J connectivity index is 1.82. The van der Waals surface area contributed by atoms with Crippen LogP contribution in [0, 0.1) is 6.92 Å². The minimum atomic E-state index is -4.18. The third-order valence-electron chi connectivity index (χ3n) is 7.74. The largest absolute Gasteiger partial charge is 0.497 e. The van der Waals surface area contributed by atoms with Gasteiger partial charge in [-0.15, -0.1) is 0 Å². The van der Waals surface area contributed by atoms with Gasteiger partial charge in [0.2, 0.25) is 11.8 Å². The maximum absolute atomic E-state index is 14.6. The first kappa shape index (κ1) is 34.7. The van der Waals surface area contributed by atoms with Crippen molar-refractivity contribution < 1.29 is 22.7 Å². The van der Waals surface area contributed by atoms with Crippen molar-refractivity contribution in [2.24, 2.45) is 0 Å². The zero-order chi connectivity index (χ0) is 33.3. The van der Waals surface area contributed by atoms with E-state index >= 15 is 0 Å². The van der Waals surface area contributed by atoms with Crippen molar-refractivity contribution in [1.82, 2.24) is 10.2 Å². The van der Waals surface area contributed by atoms with E-state index in [9.17, 15) is 18.0 Å². The fourth-order valence-electron chi connectivity index (χ4n) is 4.96. The number of anilines is 1. The molecule has 46 heavy (non-hydrogen) atoms. The molecule has 2 amide bonds. The van der Waals surface area contributed by atoms with Gasteiger partial charge in [-0.3, -0.25) is 13.9 Å². The van der Waals surface area contributed by atoms with Gasteiger partial charge in [0.25, 0.3) is 10.0 Å². The van der Waals surface area contributed by atoms with E-state index in [2.05, 4.69) is 21.2 Å². The molecule has 0 saturated heterocycles. The number of halogens is 1. The smallest absolute Gasteiger partial charge is 0.264 e. The average molecular weight is 707 g/mol. The molecule has 8 nitrogen and oxygen atoms in total. The lowest BCUT2D eigenvalue weighted by Crippen LogP contribution is -2.54. The van der Waals surface area contributed by atoms with Crippen LogP contribution in [0.4, 0.5) is 5.69 Å². The van der Waals surface area contributed by atoms with Crippen molar-refractivity contribution in [1.29, 1.82) is 0 Å². The summed E-state index contributed by atoms with van der Waals surface area (Å²) in [4.78, 5) is 30.1. The fraction of sp³-hybridized carbons (Fsp3) is 0.278. The Hall–Kier alpha value is -4.15. The number of aryl methyl sites for hydroxylation is 1. The quantitative estimate of drug-likeness (QED) is 0.161. The second-order valence-electron chi connectivity index (χ2n) is 11.2. The number of hydrogen-bond donors (Lipinski definition) is 1. The predicted molar refractivity (Wildman–Crippen MR) is 185 cm³/mol. The van der Waals surface area contributed by atoms with Crippen LogP contribution in [0.3, 0.4) is 0 Å². The van der Waals surface area contributed by atoms with Crippen molar-refractivity contribution in [3.8, 4) is 5.75 Å². The summed E-state index contributed by atoms with van der Waals surface area (Å²) in [5.74, 6) is -0.241. The first-order valence-electron chi connectivity index (χ1n) is 15.1. The Labute approximate surface area is 280 Å². The maximum Gasteiger partial charge on any atom is 0.264 e. The molecule has 242 valence electrons. The highest BCUT2D eigenvalue weighted by Crippen LogP contribution is 2.28. The van der Waals surface area contributed by atoms with Crippen molar-refractivity contribution in [3.63, 3.8) is 0 Å². The monoisotopic (exact) mass is 705 g/mol. The van der Waals surface area contributed by atoms with Crippen molar-refractivity contribution in [3.05, 3.63) is 124 Å². The van der Waals surface area contributed by atoms with E-state index in [4.69, 9.17) is 4.74 Å². The molecule has 0 aliphatic carbocycles. The molecule has 0 aliphatic heterocycles. The summed E-state index contributed by atoms with van der Waals surface area (Å²) in [6.45, 7) is 5.29. The van der Waals surface area contributed by atoms with Gasteiger partial charge >= 0.3 is 0 Å². The molecule has 0 aliphatic rings. The van der Waals surface area contributed by atoms with Gasteiger partial charge in [0.15, 0.2) is 0 Å². The lowest BCUT2D eigenvalue weighted by atomic mass is 10.0. The fourth-order valence-corrected chi connectivity index (χ4v) is 6.75. The topological polar surface area (TPSA) is 96.0 Å². The molecular formula is C36H40BrN3O5S. The number of amides is 2. The molecule has 0 unspecified atom stereocenters. The van der Waals surface area contributed by atoms with Crippen molar-refractivity contribution in [2.45, 2.75) is 57.1 Å². The molecule has 2 atom stereocenters. The number of carbonyl (C=O) groups is 2. The van der Waals surface area contributed by atoms with Gasteiger partial charge in [0, 0.05) is 23.5 Å². The van der Waals surface area contributed by atoms with Gasteiger partial charge < -0.3 is 15.0 Å². The van der Waals surface area contributed by atoms with Crippen LogP contribution in [0.15, 0.2) is 112 Å². The van der Waals surface area contributed by atoms with E-state index < -0.39 is 28.5 Å². The van der Waals surface area contributed by atoms with Crippen LogP contribution in [-0.2, 0) is 32.6 Å². The number of hydrogen-bond acceptors (Lipinski definition) is 5. The molecule has 0 heterocycles. The highest BCUT2D eigenvalue weighted by Gasteiger charge is 2.35. The van der Waals surface area contributed by atoms with Gasteiger partial charge in [0.05, 0.1) is 17.7 Å². The number of nitrogens with one attached hydrogen (secondary N) is 1. The third-order valence-corrected chi connectivity index (χ3v) is 10.0. The average Bonchev–Trinajstić information content (AvgIpc) is 3.05. The second-order valence-corrected chi connectivity index (χ2v) is 14.0. The number of methoxy groups -OCH3 is 1. The molecule has 0 radical (unpaired) electrons. The van der Waals surface area contributed by atoms with E-state index in [1.54, 1.807) is 49.6 Å². The second kappa shape index (κ2) is 15.9. The van der Waals surface area contributed by atoms with Crippen LogP contribution in [-0.4, -0.2) is 50.9 Å². The summed E-state index contributed by atoms with van der Waals surface area (Å²) in [5, 5.41) is 3.05. The highest BCUT2D eigenvalue weighted by atomic mass is 79.9. The van der Waals surface area contributed by atoms with E-state index in [1.807, 2.05) is 69.3 Å². The summed E-state index contributed by atoms with van der Waals surface area (Å²) in [6.07, 6.45) is 0.944. The molecule has 4 aromatic rings.